The maximum atomic E-state index is 10.2. The minimum Gasteiger partial charge on any atom is -0.395 e. The van der Waals surface area contributed by atoms with Crippen molar-refractivity contribution in [2.75, 3.05) is 65.8 Å². The monoisotopic (exact) mass is 658 g/mol. The first-order valence-corrected chi connectivity index (χ1v) is 18.0. The van der Waals surface area contributed by atoms with Crippen LogP contribution in [0.25, 0.3) is 0 Å². The van der Waals surface area contributed by atoms with E-state index in [9.17, 15) is 40.9 Å². The lowest BCUT2D eigenvalue weighted by atomic mass is 9.44. The molecule has 0 spiro atoms. The van der Waals surface area contributed by atoms with Gasteiger partial charge in [0.1, 0.15) is 24.4 Å². The van der Waals surface area contributed by atoms with Gasteiger partial charge in [-0.2, -0.15) is 0 Å². The minimum absolute atomic E-state index is 0.248. The number of aliphatic hydroxyl groups excluding tert-OH is 8. The lowest BCUT2D eigenvalue weighted by Gasteiger charge is -2.62. The topological polar surface area (TPSA) is 187 Å². The Bertz CT molecular complexity index is 848. The van der Waals surface area contributed by atoms with Gasteiger partial charge in [-0.1, -0.05) is 0 Å². The van der Waals surface area contributed by atoms with Gasteiger partial charge >= 0.3 is 0 Å². The van der Waals surface area contributed by atoms with E-state index in [2.05, 4.69) is 0 Å². The van der Waals surface area contributed by atoms with Crippen LogP contribution in [0.2, 0.25) is 0 Å². The molecule has 6 rings (SSSR count). The van der Waals surface area contributed by atoms with Gasteiger partial charge in [0, 0.05) is 26.3 Å². The molecule has 0 aromatic rings. The zero-order valence-electron chi connectivity index (χ0n) is 27.6. The molecule has 2 aliphatic heterocycles. The molecule has 8 atom stereocenters. The van der Waals surface area contributed by atoms with Crippen molar-refractivity contribution in [2.45, 2.75) is 126 Å². The van der Waals surface area contributed by atoms with Gasteiger partial charge in [0.15, 0.2) is 0 Å². The number of unbranched alkanes of at least 4 members (excludes halogenated alkanes) is 4. The van der Waals surface area contributed by atoms with Crippen LogP contribution in [0.3, 0.4) is 0 Å². The predicted octanol–water partition coefficient (Wildman–Crippen LogP) is -0.535. The molecule has 4 bridgehead atoms. The quantitative estimate of drug-likeness (QED) is 0.0882. The Labute approximate surface area is 274 Å². The third kappa shape index (κ3) is 8.62. The summed E-state index contributed by atoms with van der Waals surface area (Å²) in [7, 11) is 0. The molecule has 4 saturated carbocycles. The molecular weight excluding hydrogens is 596 g/mol. The smallest absolute Gasteiger partial charge is 0.109 e. The summed E-state index contributed by atoms with van der Waals surface area (Å²) in [6.45, 7) is 4.42. The van der Waals surface area contributed by atoms with E-state index in [0.29, 0.717) is 13.1 Å². The fourth-order valence-electron chi connectivity index (χ4n) is 10.2. The highest BCUT2D eigenvalue weighted by molar-refractivity contribution is 5.07. The van der Waals surface area contributed by atoms with Crippen molar-refractivity contribution in [1.82, 2.24) is 9.80 Å². The Kier molecular flexibility index (Phi) is 13.2. The Morgan fingerprint density at radius 3 is 1.35 bits per heavy atom. The number of β-amino-alcohol motifs (C(OH)–C–C–N with tert-alkyl or cyclic N) is 2. The van der Waals surface area contributed by atoms with E-state index in [-0.39, 0.29) is 37.1 Å². The Morgan fingerprint density at radius 2 is 0.957 bits per heavy atom. The summed E-state index contributed by atoms with van der Waals surface area (Å²) in [5, 5.41) is 79.5. The van der Waals surface area contributed by atoms with E-state index in [1.165, 1.54) is 38.5 Å². The average Bonchev–Trinajstić information content (AvgIpc) is 3.01. The molecule has 6 aliphatic rings. The third-order valence-corrected chi connectivity index (χ3v) is 12.0. The van der Waals surface area contributed by atoms with Crippen LogP contribution in [-0.2, 0) is 9.47 Å². The van der Waals surface area contributed by atoms with E-state index < -0.39 is 48.7 Å². The van der Waals surface area contributed by atoms with Gasteiger partial charge in [-0.3, -0.25) is 9.80 Å². The molecule has 268 valence electrons. The van der Waals surface area contributed by atoms with E-state index >= 15 is 0 Å². The summed E-state index contributed by atoms with van der Waals surface area (Å²) in [5.74, 6) is 1.55. The molecule has 0 unspecified atom stereocenters. The zero-order valence-corrected chi connectivity index (χ0v) is 27.6. The lowest BCUT2D eigenvalue weighted by Crippen LogP contribution is -2.62. The highest BCUT2D eigenvalue weighted by atomic mass is 16.5. The van der Waals surface area contributed by atoms with Crippen LogP contribution in [0.1, 0.15) is 77.0 Å². The first-order chi connectivity index (χ1) is 22.1. The van der Waals surface area contributed by atoms with Gasteiger partial charge in [-0.25, -0.2) is 0 Å². The van der Waals surface area contributed by atoms with Crippen LogP contribution in [0.15, 0.2) is 0 Å². The Morgan fingerprint density at radius 1 is 0.543 bits per heavy atom. The predicted molar refractivity (Wildman–Crippen MR) is 170 cm³/mol. The maximum absolute atomic E-state index is 10.2. The van der Waals surface area contributed by atoms with Gasteiger partial charge in [-0.05, 0) is 113 Å². The fourth-order valence-corrected chi connectivity index (χ4v) is 10.2. The number of ether oxygens (including phenoxy) is 2. The third-order valence-electron chi connectivity index (χ3n) is 12.0. The number of hydrogen-bond donors (Lipinski definition) is 8. The summed E-state index contributed by atoms with van der Waals surface area (Å²) < 4.78 is 12.7. The second kappa shape index (κ2) is 16.5. The standard InChI is InChI=1S/C34H62N2O10/c37-18-25-29(41)31(43)27(39)16-35(25)7-3-1-5-9-45-21-33-12-23-11-24(13-33)15-34(14-23,20-33)22-46-10-6-2-4-8-36-17-28(40)32(44)30(42)26(36)19-38/h23-32,37-44H,1-22H2/t23?,24?,25-,26-,27-,28-,29+,30+,31+,32+,33?,34?/m0/s1. The summed E-state index contributed by atoms with van der Waals surface area (Å²) in [6, 6.07) is -1.09. The summed E-state index contributed by atoms with van der Waals surface area (Å²) >= 11 is 0. The Balaban J connectivity index is 0.963. The van der Waals surface area contributed by atoms with Crippen LogP contribution in [0.4, 0.5) is 0 Å². The second-order valence-corrected chi connectivity index (χ2v) is 15.8. The highest BCUT2D eigenvalue weighted by Gasteiger charge is 2.57. The van der Waals surface area contributed by atoms with Crippen LogP contribution < -0.4 is 0 Å². The highest BCUT2D eigenvalue weighted by Crippen LogP contribution is 2.65. The molecule has 0 radical (unpaired) electrons. The normalized spacial score (nSPS) is 43.0. The fraction of sp³-hybridized carbons (Fsp3) is 1.00. The molecular formula is C34H62N2O10. The molecule has 2 heterocycles. The molecule has 8 N–H and O–H groups in total. The first kappa shape index (κ1) is 36.8. The van der Waals surface area contributed by atoms with Crippen molar-refractivity contribution in [3.05, 3.63) is 0 Å². The van der Waals surface area contributed by atoms with E-state index in [4.69, 9.17) is 9.47 Å². The van der Waals surface area contributed by atoms with Crippen LogP contribution in [0, 0.1) is 22.7 Å². The van der Waals surface area contributed by atoms with Crippen molar-refractivity contribution in [3.8, 4) is 0 Å². The molecule has 6 fully saturated rings. The van der Waals surface area contributed by atoms with Crippen molar-refractivity contribution in [2.24, 2.45) is 22.7 Å². The zero-order chi connectivity index (χ0) is 32.9. The van der Waals surface area contributed by atoms with Crippen molar-refractivity contribution in [1.29, 1.82) is 0 Å². The largest absolute Gasteiger partial charge is 0.395 e. The molecule has 12 nitrogen and oxygen atoms in total. The lowest BCUT2D eigenvalue weighted by molar-refractivity contribution is -0.161. The summed E-state index contributed by atoms with van der Waals surface area (Å²) in [4.78, 5) is 3.77. The van der Waals surface area contributed by atoms with Crippen molar-refractivity contribution in [3.63, 3.8) is 0 Å². The number of nitrogens with zero attached hydrogens (tertiary/aromatic N) is 2. The van der Waals surface area contributed by atoms with Crippen molar-refractivity contribution < 1.29 is 50.3 Å². The SMILES string of the molecule is OC[C@H]1[C@@H](O)[C@H](O)[C@@H](O)CN1CCCCCOCC12CC3CC(C1)CC(COCCCCCN1C[C@H](O)[C@@H](O)[C@H](O)[C@@H]1CO)(C3)C2. The molecule has 0 amide bonds. The number of piperidine rings is 2. The van der Waals surface area contributed by atoms with Gasteiger partial charge in [-0.15, -0.1) is 0 Å². The van der Waals surface area contributed by atoms with Gasteiger partial charge in [0.25, 0.3) is 0 Å². The Hall–Kier alpha value is -0.480. The number of likely N-dealkylation sites (tertiary alicyclic amines) is 2. The van der Waals surface area contributed by atoms with Gasteiger partial charge in [0.2, 0.25) is 0 Å². The molecule has 46 heavy (non-hydrogen) atoms. The molecule has 4 aliphatic carbocycles. The maximum Gasteiger partial charge on any atom is 0.109 e. The molecule has 0 aromatic heterocycles. The van der Waals surface area contributed by atoms with Gasteiger partial charge in [0.05, 0.1) is 50.7 Å². The average molecular weight is 659 g/mol. The van der Waals surface area contributed by atoms with Crippen LogP contribution >= 0.6 is 0 Å². The molecule has 12 heteroatoms. The van der Waals surface area contributed by atoms with E-state index in [1.807, 2.05) is 9.80 Å². The first-order valence-electron chi connectivity index (χ1n) is 18.0. The summed E-state index contributed by atoms with van der Waals surface area (Å²) in [5.41, 5.74) is 0.534. The number of aliphatic hydroxyl groups is 8. The van der Waals surface area contributed by atoms with E-state index in [0.717, 1.165) is 76.8 Å². The second-order valence-electron chi connectivity index (χ2n) is 15.8. The van der Waals surface area contributed by atoms with Crippen molar-refractivity contribution >= 4 is 0 Å². The summed E-state index contributed by atoms with van der Waals surface area (Å²) in [6.07, 6.45) is 6.46. The van der Waals surface area contributed by atoms with Gasteiger partial charge < -0.3 is 50.3 Å². The molecule has 0 aromatic carbocycles. The number of hydrogen-bond acceptors (Lipinski definition) is 12. The molecule has 2 saturated heterocycles. The van der Waals surface area contributed by atoms with E-state index in [1.54, 1.807) is 0 Å². The van der Waals surface area contributed by atoms with Crippen LogP contribution in [0.5, 0.6) is 0 Å². The number of rotatable bonds is 18. The minimum atomic E-state index is -1.22. The van der Waals surface area contributed by atoms with Crippen LogP contribution in [-0.4, -0.2) is 165 Å².